The quantitative estimate of drug-likeness (QED) is 0.779. The molecule has 1 aliphatic rings. The zero-order valence-corrected chi connectivity index (χ0v) is 10.9. The van der Waals surface area contributed by atoms with Gasteiger partial charge in [-0.3, -0.25) is 9.59 Å². The highest BCUT2D eigenvalue weighted by Crippen LogP contribution is 2.08. The van der Waals surface area contributed by atoms with Crippen molar-refractivity contribution in [2.24, 2.45) is 0 Å². The monoisotopic (exact) mass is 228 g/mol. The molecular formula is C12H24N2O2. The van der Waals surface area contributed by atoms with E-state index in [4.69, 9.17) is 0 Å². The zero-order chi connectivity index (χ0) is 12.6. The van der Waals surface area contributed by atoms with Crippen LogP contribution >= 0.6 is 0 Å². The normalized spacial score (nSPS) is 16.1. The van der Waals surface area contributed by atoms with E-state index in [1.807, 2.05) is 0 Å². The summed E-state index contributed by atoms with van der Waals surface area (Å²) in [6.07, 6.45) is 3.41. The molecule has 2 amide bonds. The Morgan fingerprint density at radius 2 is 1.69 bits per heavy atom. The summed E-state index contributed by atoms with van der Waals surface area (Å²) in [7, 11) is 0. The van der Waals surface area contributed by atoms with E-state index in [9.17, 15) is 9.59 Å². The molecule has 0 radical (unpaired) electrons. The number of nitrogens with zero attached hydrogens (tertiary/aromatic N) is 1. The molecule has 0 spiro atoms. The molecule has 0 bridgehead atoms. The summed E-state index contributed by atoms with van der Waals surface area (Å²) in [5.74, 6) is -0.118. The molecule has 0 aliphatic carbocycles. The Kier molecular flexibility index (Phi) is 7.60. The fourth-order valence-electron chi connectivity index (χ4n) is 1.58. The molecule has 1 rings (SSSR count). The first-order valence-electron chi connectivity index (χ1n) is 6.08. The van der Waals surface area contributed by atoms with E-state index in [0.29, 0.717) is 0 Å². The molecule has 0 aromatic heterocycles. The van der Waals surface area contributed by atoms with Crippen molar-refractivity contribution in [3.05, 3.63) is 0 Å². The second-order valence-corrected chi connectivity index (χ2v) is 4.16. The van der Waals surface area contributed by atoms with Crippen LogP contribution in [0.2, 0.25) is 0 Å². The number of rotatable bonds is 2. The van der Waals surface area contributed by atoms with Crippen LogP contribution in [0, 0.1) is 0 Å². The van der Waals surface area contributed by atoms with Crippen LogP contribution in [-0.4, -0.2) is 35.8 Å². The Balaban J connectivity index is 0.000000673. The SMILES string of the molecule is CC(=O)N[C@@H](C)C(=O)N1CCCC1.CCC. The summed E-state index contributed by atoms with van der Waals surface area (Å²) < 4.78 is 0. The Morgan fingerprint density at radius 1 is 1.25 bits per heavy atom. The van der Waals surface area contributed by atoms with Crippen molar-refractivity contribution in [2.45, 2.75) is 53.0 Å². The molecule has 1 fully saturated rings. The van der Waals surface area contributed by atoms with E-state index in [-0.39, 0.29) is 17.9 Å². The highest BCUT2D eigenvalue weighted by atomic mass is 16.2. The zero-order valence-electron chi connectivity index (χ0n) is 10.9. The van der Waals surface area contributed by atoms with Crippen molar-refractivity contribution in [1.82, 2.24) is 10.2 Å². The largest absolute Gasteiger partial charge is 0.345 e. The molecule has 4 nitrogen and oxygen atoms in total. The summed E-state index contributed by atoms with van der Waals surface area (Å²) in [6, 6.07) is -0.379. The lowest BCUT2D eigenvalue weighted by atomic mass is 10.3. The number of carbonyl (C=O) groups is 2. The third-order valence-corrected chi connectivity index (χ3v) is 2.21. The van der Waals surface area contributed by atoms with Crippen molar-refractivity contribution in [2.75, 3.05) is 13.1 Å². The van der Waals surface area contributed by atoms with Crippen molar-refractivity contribution >= 4 is 11.8 Å². The van der Waals surface area contributed by atoms with Gasteiger partial charge in [-0.15, -0.1) is 0 Å². The minimum Gasteiger partial charge on any atom is -0.345 e. The highest BCUT2D eigenvalue weighted by molar-refractivity contribution is 5.86. The van der Waals surface area contributed by atoms with Crippen LogP contribution < -0.4 is 5.32 Å². The number of hydrogen-bond acceptors (Lipinski definition) is 2. The molecule has 1 atom stereocenters. The minimum absolute atomic E-state index is 0.0349. The van der Waals surface area contributed by atoms with Crippen LogP contribution in [0.1, 0.15) is 47.0 Å². The molecule has 0 unspecified atom stereocenters. The van der Waals surface area contributed by atoms with E-state index >= 15 is 0 Å². The van der Waals surface area contributed by atoms with Crippen molar-refractivity contribution in [3.63, 3.8) is 0 Å². The van der Waals surface area contributed by atoms with Crippen molar-refractivity contribution in [1.29, 1.82) is 0 Å². The van der Waals surface area contributed by atoms with E-state index in [1.54, 1.807) is 11.8 Å². The first-order valence-corrected chi connectivity index (χ1v) is 6.08. The lowest BCUT2D eigenvalue weighted by molar-refractivity contribution is -0.134. The molecule has 0 aromatic carbocycles. The molecule has 1 N–H and O–H groups in total. The predicted molar refractivity (Wildman–Crippen MR) is 65.1 cm³/mol. The predicted octanol–water partition coefficient (Wildman–Crippen LogP) is 1.55. The lowest BCUT2D eigenvalue weighted by Gasteiger charge is -2.20. The van der Waals surface area contributed by atoms with Crippen LogP contribution in [0.5, 0.6) is 0 Å². The number of nitrogens with one attached hydrogen (secondary N) is 1. The maximum absolute atomic E-state index is 11.6. The summed E-state index contributed by atoms with van der Waals surface area (Å²) in [4.78, 5) is 24.1. The van der Waals surface area contributed by atoms with Crippen LogP contribution in [-0.2, 0) is 9.59 Å². The Hall–Kier alpha value is -1.06. The smallest absolute Gasteiger partial charge is 0.244 e. The van der Waals surface area contributed by atoms with Gasteiger partial charge in [-0.25, -0.2) is 0 Å². The van der Waals surface area contributed by atoms with Gasteiger partial charge in [-0.2, -0.15) is 0 Å². The van der Waals surface area contributed by atoms with Crippen molar-refractivity contribution < 1.29 is 9.59 Å². The number of amides is 2. The third-order valence-electron chi connectivity index (χ3n) is 2.21. The van der Waals surface area contributed by atoms with Crippen molar-refractivity contribution in [3.8, 4) is 0 Å². The van der Waals surface area contributed by atoms with Crippen LogP contribution in [0.25, 0.3) is 0 Å². The van der Waals surface area contributed by atoms with Gasteiger partial charge in [0.25, 0.3) is 0 Å². The molecule has 16 heavy (non-hydrogen) atoms. The second kappa shape index (κ2) is 8.13. The molecule has 0 saturated carbocycles. The highest BCUT2D eigenvalue weighted by Gasteiger charge is 2.23. The maximum Gasteiger partial charge on any atom is 0.244 e. The van der Waals surface area contributed by atoms with Gasteiger partial charge in [0.15, 0.2) is 0 Å². The van der Waals surface area contributed by atoms with Gasteiger partial charge in [0.1, 0.15) is 6.04 Å². The standard InChI is InChI=1S/C9H16N2O2.C3H8/c1-7(10-8(2)12)9(13)11-5-3-4-6-11;1-3-2/h7H,3-6H2,1-2H3,(H,10,12);3H2,1-2H3/t7-;/m0./s1. The molecule has 1 saturated heterocycles. The molecule has 4 heteroatoms. The van der Waals surface area contributed by atoms with E-state index in [2.05, 4.69) is 19.2 Å². The van der Waals surface area contributed by atoms with Gasteiger partial charge in [-0.1, -0.05) is 20.3 Å². The van der Waals surface area contributed by atoms with Gasteiger partial charge >= 0.3 is 0 Å². The van der Waals surface area contributed by atoms with E-state index in [1.165, 1.54) is 13.3 Å². The summed E-state index contributed by atoms with van der Waals surface area (Å²) >= 11 is 0. The topological polar surface area (TPSA) is 49.4 Å². The number of carbonyl (C=O) groups excluding carboxylic acids is 2. The Labute approximate surface area is 98.4 Å². The molecular weight excluding hydrogens is 204 g/mol. The van der Waals surface area contributed by atoms with E-state index in [0.717, 1.165) is 25.9 Å². The first-order chi connectivity index (χ1) is 7.52. The van der Waals surface area contributed by atoms with Crippen LogP contribution in [0.15, 0.2) is 0 Å². The van der Waals surface area contributed by atoms with Gasteiger partial charge in [0.05, 0.1) is 0 Å². The average Bonchev–Trinajstić information content (AvgIpc) is 2.69. The second-order valence-electron chi connectivity index (χ2n) is 4.16. The minimum atomic E-state index is -0.379. The first kappa shape index (κ1) is 14.9. The van der Waals surface area contributed by atoms with Gasteiger partial charge < -0.3 is 10.2 Å². The number of hydrogen-bond donors (Lipinski definition) is 1. The fraction of sp³-hybridized carbons (Fsp3) is 0.833. The maximum atomic E-state index is 11.6. The summed E-state index contributed by atoms with van der Waals surface area (Å²) in [5.41, 5.74) is 0. The molecule has 0 aromatic rings. The average molecular weight is 228 g/mol. The Morgan fingerprint density at radius 3 is 2.06 bits per heavy atom. The molecule has 94 valence electrons. The van der Waals surface area contributed by atoms with Gasteiger partial charge in [0.2, 0.25) is 11.8 Å². The van der Waals surface area contributed by atoms with Crippen LogP contribution in [0.3, 0.4) is 0 Å². The van der Waals surface area contributed by atoms with E-state index < -0.39 is 0 Å². The fourth-order valence-corrected chi connectivity index (χ4v) is 1.58. The summed E-state index contributed by atoms with van der Waals surface area (Å²) in [6.45, 7) is 9.07. The number of likely N-dealkylation sites (tertiary alicyclic amines) is 1. The van der Waals surface area contributed by atoms with Gasteiger partial charge in [0, 0.05) is 20.0 Å². The van der Waals surface area contributed by atoms with Crippen LogP contribution in [0.4, 0.5) is 0 Å². The van der Waals surface area contributed by atoms with Gasteiger partial charge in [-0.05, 0) is 19.8 Å². The molecule has 1 aliphatic heterocycles. The third kappa shape index (κ3) is 5.73. The molecule has 1 heterocycles. The lowest BCUT2D eigenvalue weighted by Crippen LogP contribution is -2.45. The summed E-state index contributed by atoms with van der Waals surface area (Å²) in [5, 5.41) is 2.59. The Bertz CT molecular complexity index is 223.